The average molecular weight is 166 g/mol. The number of hydrogen-bond acceptors (Lipinski definition) is 2. The molecule has 0 atom stereocenters. The maximum atomic E-state index is 11.5. The van der Waals surface area contributed by atoms with E-state index < -0.39 is 0 Å². The first-order valence-electron chi connectivity index (χ1n) is 4.21. The average Bonchev–Trinajstić information content (AvgIpc) is 2.49. The van der Waals surface area contributed by atoms with Gasteiger partial charge in [0.05, 0.1) is 12.5 Å². The molecule has 1 heterocycles. The van der Waals surface area contributed by atoms with E-state index in [4.69, 9.17) is 0 Å². The molecule has 0 aliphatic carbocycles. The van der Waals surface area contributed by atoms with Crippen LogP contribution in [0.2, 0.25) is 0 Å². The second-order valence-electron chi connectivity index (χ2n) is 3.08. The molecule has 3 nitrogen and oxygen atoms in total. The highest BCUT2D eigenvalue weighted by molar-refractivity contribution is 5.95. The molecule has 1 aromatic rings. The van der Waals surface area contributed by atoms with Crippen LogP contribution in [0, 0.1) is 5.92 Å². The van der Waals surface area contributed by atoms with Crippen molar-refractivity contribution >= 4 is 5.78 Å². The minimum absolute atomic E-state index is 0.0481. The standard InChI is InChI=1S/C9H14N2O/c1-4-11-6-10-5-8(11)9(12)7(2)3/h5-7H,4H2,1-3H3. The Morgan fingerprint density at radius 2 is 2.33 bits per heavy atom. The number of hydrogen-bond donors (Lipinski definition) is 0. The summed E-state index contributed by atoms with van der Waals surface area (Å²) in [7, 11) is 0. The van der Waals surface area contributed by atoms with Crippen LogP contribution in [0.4, 0.5) is 0 Å². The Balaban J connectivity index is 2.94. The Morgan fingerprint density at radius 3 is 2.83 bits per heavy atom. The Kier molecular flexibility index (Phi) is 2.63. The number of aryl methyl sites for hydroxylation is 1. The first-order valence-corrected chi connectivity index (χ1v) is 4.21. The molecule has 1 rings (SSSR count). The highest BCUT2D eigenvalue weighted by Gasteiger charge is 2.13. The van der Waals surface area contributed by atoms with Gasteiger partial charge in [0, 0.05) is 12.5 Å². The fourth-order valence-electron chi connectivity index (χ4n) is 1.07. The lowest BCUT2D eigenvalue weighted by Gasteiger charge is -2.05. The van der Waals surface area contributed by atoms with Gasteiger partial charge in [-0.2, -0.15) is 0 Å². The second-order valence-corrected chi connectivity index (χ2v) is 3.08. The van der Waals surface area contributed by atoms with Crippen molar-refractivity contribution in [1.82, 2.24) is 9.55 Å². The molecule has 0 aliphatic rings. The molecule has 0 bridgehead atoms. The van der Waals surface area contributed by atoms with E-state index >= 15 is 0 Å². The summed E-state index contributed by atoms with van der Waals surface area (Å²) in [4.78, 5) is 15.5. The van der Waals surface area contributed by atoms with E-state index in [0.717, 1.165) is 6.54 Å². The first kappa shape index (κ1) is 8.97. The largest absolute Gasteiger partial charge is 0.328 e. The van der Waals surface area contributed by atoms with E-state index in [1.807, 2.05) is 25.3 Å². The van der Waals surface area contributed by atoms with Crippen molar-refractivity contribution in [2.75, 3.05) is 0 Å². The molecule has 0 amide bonds. The van der Waals surface area contributed by atoms with E-state index in [9.17, 15) is 4.79 Å². The summed E-state index contributed by atoms with van der Waals surface area (Å²) in [5.41, 5.74) is 0.715. The van der Waals surface area contributed by atoms with E-state index in [-0.39, 0.29) is 11.7 Å². The molecule has 0 unspecified atom stereocenters. The summed E-state index contributed by atoms with van der Waals surface area (Å²) in [6, 6.07) is 0. The van der Waals surface area contributed by atoms with Gasteiger partial charge in [-0.25, -0.2) is 4.98 Å². The van der Waals surface area contributed by atoms with Crippen molar-refractivity contribution in [1.29, 1.82) is 0 Å². The van der Waals surface area contributed by atoms with Gasteiger partial charge in [0.1, 0.15) is 5.69 Å². The Labute approximate surface area is 72.4 Å². The lowest BCUT2D eigenvalue weighted by molar-refractivity contribution is 0.0930. The summed E-state index contributed by atoms with van der Waals surface area (Å²) in [6.45, 7) is 6.59. The van der Waals surface area contributed by atoms with Gasteiger partial charge >= 0.3 is 0 Å². The number of carbonyl (C=O) groups excluding carboxylic acids is 1. The topological polar surface area (TPSA) is 34.9 Å². The van der Waals surface area contributed by atoms with Crippen molar-refractivity contribution in [3.05, 3.63) is 18.2 Å². The van der Waals surface area contributed by atoms with E-state index in [2.05, 4.69) is 4.98 Å². The highest BCUT2D eigenvalue weighted by Crippen LogP contribution is 2.07. The van der Waals surface area contributed by atoms with Gasteiger partial charge in [0.15, 0.2) is 5.78 Å². The van der Waals surface area contributed by atoms with Crippen molar-refractivity contribution in [3.63, 3.8) is 0 Å². The van der Waals surface area contributed by atoms with Gasteiger partial charge in [-0.15, -0.1) is 0 Å². The van der Waals surface area contributed by atoms with Crippen molar-refractivity contribution in [2.24, 2.45) is 5.92 Å². The lowest BCUT2D eigenvalue weighted by Crippen LogP contribution is -2.12. The Bertz CT molecular complexity index is 276. The van der Waals surface area contributed by atoms with Gasteiger partial charge in [-0.05, 0) is 6.92 Å². The fraction of sp³-hybridized carbons (Fsp3) is 0.556. The van der Waals surface area contributed by atoms with Gasteiger partial charge in [-0.3, -0.25) is 4.79 Å². The summed E-state index contributed by atoms with van der Waals surface area (Å²) >= 11 is 0. The quantitative estimate of drug-likeness (QED) is 0.641. The van der Waals surface area contributed by atoms with Crippen LogP contribution in [-0.4, -0.2) is 15.3 Å². The van der Waals surface area contributed by atoms with Crippen LogP contribution in [0.5, 0.6) is 0 Å². The molecular weight excluding hydrogens is 152 g/mol. The first-order chi connectivity index (χ1) is 5.66. The van der Waals surface area contributed by atoms with Gasteiger partial charge < -0.3 is 4.57 Å². The minimum atomic E-state index is 0.0481. The predicted molar refractivity (Wildman–Crippen MR) is 47.1 cm³/mol. The highest BCUT2D eigenvalue weighted by atomic mass is 16.1. The predicted octanol–water partition coefficient (Wildman–Crippen LogP) is 1.74. The zero-order valence-electron chi connectivity index (χ0n) is 7.74. The third-order valence-corrected chi connectivity index (χ3v) is 1.83. The number of Topliss-reactive ketones (excluding diaryl/α,β-unsaturated/α-hetero) is 1. The summed E-state index contributed by atoms with van der Waals surface area (Å²) in [6.07, 6.45) is 3.32. The summed E-state index contributed by atoms with van der Waals surface area (Å²) < 4.78 is 1.86. The third kappa shape index (κ3) is 1.55. The molecule has 0 radical (unpaired) electrons. The number of aromatic nitrogens is 2. The maximum absolute atomic E-state index is 11.5. The molecule has 0 saturated heterocycles. The monoisotopic (exact) mass is 166 g/mol. The normalized spacial score (nSPS) is 10.7. The molecular formula is C9H14N2O. The van der Waals surface area contributed by atoms with E-state index in [0.29, 0.717) is 5.69 Å². The SMILES string of the molecule is CCn1cncc1C(=O)C(C)C. The molecule has 0 N–H and O–H groups in total. The van der Waals surface area contributed by atoms with Crippen LogP contribution in [0.25, 0.3) is 0 Å². The second kappa shape index (κ2) is 3.52. The molecule has 66 valence electrons. The molecule has 0 fully saturated rings. The number of ketones is 1. The molecule has 0 saturated carbocycles. The number of carbonyl (C=O) groups is 1. The Morgan fingerprint density at radius 1 is 1.67 bits per heavy atom. The number of nitrogens with zero attached hydrogens (tertiary/aromatic N) is 2. The van der Waals surface area contributed by atoms with Gasteiger partial charge in [0.2, 0.25) is 0 Å². The zero-order chi connectivity index (χ0) is 9.14. The van der Waals surface area contributed by atoms with Gasteiger partial charge in [0.25, 0.3) is 0 Å². The molecule has 3 heteroatoms. The van der Waals surface area contributed by atoms with Crippen LogP contribution in [-0.2, 0) is 6.54 Å². The lowest BCUT2D eigenvalue weighted by atomic mass is 10.1. The van der Waals surface area contributed by atoms with E-state index in [1.165, 1.54) is 0 Å². The van der Waals surface area contributed by atoms with Crippen LogP contribution in [0.15, 0.2) is 12.5 Å². The third-order valence-electron chi connectivity index (χ3n) is 1.83. The molecule has 0 aromatic carbocycles. The van der Waals surface area contributed by atoms with Crippen molar-refractivity contribution in [3.8, 4) is 0 Å². The minimum Gasteiger partial charge on any atom is -0.328 e. The molecule has 0 spiro atoms. The van der Waals surface area contributed by atoms with Crippen molar-refractivity contribution < 1.29 is 4.79 Å². The number of imidazole rings is 1. The smallest absolute Gasteiger partial charge is 0.183 e. The van der Waals surface area contributed by atoms with Gasteiger partial charge in [-0.1, -0.05) is 13.8 Å². The fourth-order valence-corrected chi connectivity index (χ4v) is 1.07. The van der Waals surface area contributed by atoms with Crippen LogP contribution in [0.3, 0.4) is 0 Å². The van der Waals surface area contributed by atoms with E-state index in [1.54, 1.807) is 12.5 Å². The number of rotatable bonds is 3. The molecule has 0 aliphatic heterocycles. The van der Waals surface area contributed by atoms with Crippen LogP contribution in [0.1, 0.15) is 31.3 Å². The Hall–Kier alpha value is -1.12. The summed E-state index contributed by atoms with van der Waals surface area (Å²) in [5.74, 6) is 0.210. The van der Waals surface area contributed by atoms with Crippen molar-refractivity contribution in [2.45, 2.75) is 27.3 Å². The van der Waals surface area contributed by atoms with Crippen LogP contribution >= 0.6 is 0 Å². The molecule has 12 heavy (non-hydrogen) atoms. The summed E-state index contributed by atoms with van der Waals surface area (Å²) in [5, 5.41) is 0. The maximum Gasteiger partial charge on any atom is 0.183 e. The zero-order valence-corrected chi connectivity index (χ0v) is 7.74. The van der Waals surface area contributed by atoms with Crippen LogP contribution < -0.4 is 0 Å². The molecule has 1 aromatic heterocycles.